The summed E-state index contributed by atoms with van der Waals surface area (Å²) < 4.78 is 0. The molecule has 88 valence electrons. The van der Waals surface area contributed by atoms with Crippen LogP contribution in [-0.4, -0.2) is 5.11 Å². The van der Waals surface area contributed by atoms with Gasteiger partial charge in [-0.15, -0.1) is 0 Å². The highest BCUT2D eigenvalue weighted by molar-refractivity contribution is 5.33. The smallest absolute Gasteiger partial charge is 0.104 e. The molecule has 2 nitrogen and oxygen atoms in total. The molecule has 3 N–H and O–H groups in total. The van der Waals surface area contributed by atoms with E-state index in [2.05, 4.69) is 0 Å². The van der Waals surface area contributed by atoms with Gasteiger partial charge in [0.1, 0.15) is 6.10 Å². The van der Waals surface area contributed by atoms with E-state index in [1.807, 2.05) is 55.5 Å². The van der Waals surface area contributed by atoms with Gasteiger partial charge in [0.05, 0.1) is 0 Å². The lowest BCUT2D eigenvalue weighted by atomic mass is 9.99. The monoisotopic (exact) mass is 227 g/mol. The van der Waals surface area contributed by atoms with Gasteiger partial charge in [-0.1, -0.05) is 54.1 Å². The molecule has 2 aromatic carbocycles. The second-order valence-electron chi connectivity index (χ2n) is 4.26. The van der Waals surface area contributed by atoms with Gasteiger partial charge < -0.3 is 10.8 Å². The van der Waals surface area contributed by atoms with Crippen molar-refractivity contribution in [2.45, 2.75) is 19.6 Å². The maximum absolute atomic E-state index is 10.2. The third kappa shape index (κ3) is 2.73. The molecule has 0 bridgehead atoms. The van der Waals surface area contributed by atoms with Crippen molar-refractivity contribution in [2.24, 2.45) is 5.73 Å². The highest BCUT2D eigenvalue weighted by atomic mass is 16.3. The first-order valence-corrected chi connectivity index (χ1v) is 5.74. The molecule has 0 saturated heterocycles. The topological polar surface area (TPSA) is 46.2 Å². The number of hydrogen-bond donors (Lipinski definition) is 2. The molecule has 0 heterocycles. The van der Waals surface area contributed by atoms with E-state index in [1.54, 1.807) is 0 Å². The van der Waals surface area contributed by atoms with E-state index in [0.717, 1.165) is 22.3 Å². The fraction of sp³-hybridized carbons (Fsp3) is 0.200. The molecule has 0 radical (unpaired) electrons. The molecule has 17 heavy (non-hydrogen) atoms. The van der Waals surface area contributed by atoms with Crippen molar-refractivity contribution in [1.82, 2.24) is 0 Å². The highest BCUT2D eigenvalue weighted by Gasteiger charge is 2.09. The van der Waals surface area contributed by atoms with Crippen LogP contribution in [0.25, 0.3) is 0 Å². The van der Waals surface area contributed by atoms with Crippen LogP contribution in [0.4, 0.5) is 0 Å². The van der Waals surface area contributed by atoms with Crippen molar-refractivity contribution in [2.75, 3.05) is 0 Å². The van der Waals surface area contributed by atoms with Gasteiger partial charge in [-0.05, 0) is 23.6 Å². The van der Waals surface area contributed by atoms with Gasteiger partial charge in [0, 0.05) is 6.54 Å². The zero-order valence-corrected chi connectivity index (χ0v) is 9.93. The van der Waals surface area contributed by atoms with Gasteiger partial charge in [-0.25, -0.2) is 0 Å². The Labute approximate surface area is 102 Å². The molecule has 0 amide bonds. The van der Waals surface area contributed by atoms with Gasteiger partial charge in [-0.2, -0.15) is 0 Å². The van der Waals surface area contributed by atoms with E-state index in [1.165, 1.54) is 0 Å². The molecule has 2 rings (SSSR count). The molecule has 1 atom stereocenters. The van der Waals surface area contributed by atoms with E-state index < -0.39 is 6.10 Å². The number of aliphatic hydroxyl groups is 1. The van der Waals surface area contributed by atoms with E-state index in [0.29, 0.717) is 6.54 Å². The zero-order chi connectivity index (χ0) is 12.3. The summed E-state index contributed by atoms with van der Waals surface area (Å²) in [5.74, 6) is 0. The molecular formula is C15H17NO. The Balaban J connectivity index is 2.27. The summed E-state index contributed by atoms with van der Waals surface area (Å²) in [6.07, 6.45) is -0.568. The third-order valence-corrected chi connectivity index (χ3v) is 2.89. The number of benzene rings is 2. The number of aryl methyl sites for hydroxylation is 1. The Morgan fingerprint density at radius 1 is 1.06 bits per heavy atom. The predicted octanol–water partition coefficient (Wildman–Crippen LogP) is 2.54. The van der Waals surface area contributed by atoms with E-state index in [9.17, 15) is 5.11 Å². The number of nitrogens with two attached hydrogens (primary N) is 1. The quantitative estimate of drug-likeness (QED) is 0.846. The molecule has 0 saturated carbocycles. The van der Waals surface area contributed by atoms with Crippen LogP contribution in [0.3, 0.4) is 0 Å². The minimum absolute atomic E-state index is 0.529. The first-order valence-electron chi connectivity index (χ1n) is 5.74. The second kappa shape index (κ2) is 5.13. The third-order valence-electron chi connectivity index (χ3n) is 2.89. The minimum atomic E-state index is -0.568. The van der Waals surface area contributed by atoms with Crippen molar-refractivity contribution < 1.29 is 5.11 Å². The predicted molar refractivity (Wildman–Crippen MR) is 69.6 cm³/mol. The Kier molecular flexibility index (Phi) is 3.57. The first kappa shape index (κ1) is 11.8. The molecule has 0 fully saturated rings. The SMILES string of the molecule is Cc1cccc(C(O)c2ccc(CN)cc2)c1. The Morgan fingerprint density at radius 2 is 1.76 bits per heavy atom. The summed E-state index contributed by atoms with van der Waals surface area (Å²) in [6.45, 7) is 2.55. The summed E-state index contributed by atoms with van der Waals surface area (Å²) in [7, 11) is 0. The fourth-order valence-electron chi connectivity index (χ4n) is 1.87. The molecule has 2 aromatic rings. The van der Waals surface area contributed by atoms with Crippen LogP contribution < -0.4 is 5.73 Å². The summed E-state index contributed by atoms with van der Waals surface area (Å²) in [5.41, 5.74) is 9.59. The zero-order valence-electron chi connectivity index (χ0n) is 9.93. The number of rotatable bonds is 3. The van der Waals surface area contributed by atoms with Gasteiger partial charge >= 0.3 is 0 Å². The van der Waals surface area contributed by atoms with Crippen LogP contribution >= 0.6 is 0 Å². The van der Waals surface area contributed by atoms with Crippen molar-refractivity contribution in [3.05, 3.63) is 70.8 Å². The normalized spacial score (nSPS) is 12.4. The van der Waals surface area contributed by atoms with Gasteiger partial charge in [0.15, 0.2) is 0 Å². The van der Waals surface area contributed by atoms with Gasteiger partial charge in [-0.3, -0.25) is 0 Å². The highest BCUT2D eigenvalue weighted by Crippen LogP contribution is 2.22. The van der Waals surface area contributed by atoms with Crippen LogP contribution in [0.1, 0.15) is 28.4 Å². The van der Waals surface area contributed by atoms with E-state index >= 15 is 0 Å². The van der Waals surface area contributed by atoms with Crippen molar-refractivity contribution in [3.63, 3.8) is 0 Å². The average molecular weight is 227 g/mol. The molecule has 2 heteroatoms. The molecule has 0 aliphatic carbocycles. The lowest BCUT2D eigenvalue weighted by Crippen LogP contribution is -2.01. The Morgan fingerprint density at radius 3 is 2.35 bits per heavy atom. The van der Waals surface area contributed by atoms with Crippen LogP contribution in [-0.2, 0) is 6.54 Å². The summed E-state index contributed by atoms with van der Waals surface area (Å²) in [4.78, 5) is 0. The average Bonchev–Trinajstić information content (AvgIpc) is 2.38. The van der Waals surface area contributed by atoms with Crippen molar-refractivity contribution in [1.29, 1.82) is 0 Å². The summed E-state index contributed by atoms with van der Waals surface area (Å²) in [6, 6.07) is 15.7. The van der Waals surface area contributed by atoms with E-state index in [-0.39, 0.29) is 0 Å². The van der Waals surface area contributed by atoms with Gasteiger partial charge in [0.2, 0.25) is 0 Å². The van der Waals surface area contributed by atoms with E-state index in [4.69, 9.17) is 5.73 Å². The first-order chi connectivity index (χ1) is 8.20. The molecule has 1 unspecified atom stereocenters. The lowest BCUT2D eigenvalue weighted by molar-refractivity contribution is 0.220. The molecular weight excluding hydrogens is 210 g/mol. The molecule has 0 aliphatic heterocycles. The second-order valence-corrected chi connectivity index (χ2v) is 4.26. The van der Waals surface area contributed by atoms with Crippen LogP contribution in [0, 0.1) is 6.92 Å². The molecule has 0 aromatic heterocycles. The van der Waals surface area contributed by atoms with Gasteiger partial charge in [0.25, 0.3) is 0 Å². The largest absolute Gasteiger partial charge is 0.384 e. The van der Waals surface area contributed by atoms with Crippen molar-refractivity contribution in [3.8, 4) is 0 Å². The number of aliphatic hydroxyl groups excluding tert-OH is 1. The minimum Gasteiger partial charge on any atom is -0.384 e. The van der Waals surface area contributed by atoms with Crippen LogP contribution in [0.15, 0.2) is 48.5 Å². The standard InChI is InChI=1S/C15H17NO/c1-11-3-2-4-14(9-11)15(17)13-7-5-12(10-16)6-8-13/h2-9,15,17H,10,16H2,1H3. The maximum Gasteiger partial charge on any atom is 0.104 e. The molecule has 0 aliphatic rings. The summed E-state index contributed by atoms with van der Waals surface area (Å²) >= 11 is 0. The summed E-state index contributed by atoms with van der Waals surface area (Å²) in [5, 5.41) is 10.2. The maximum atomic E-state index is 10.2. The number of hydrogen-bond acceptors (Lipinski definition) is 2. The fourth-order valence-corrected chi connectivity index (χ4v) is 1.87. The Bertz CT molecular complexity index is 491. The van der Waals surface area contributed by atoms with Crippen LogP contribution in [0.5, 0.6) is 0 Å². The Hall–Kier alpha value is -1.64. The lowest BCUT2D eigenvalue weighted by Gasteiger charge is -2.12. The van der Waals surface area contributed by atoms with Crippen molar-refractivity contribution >= 4 is 0 Å². The van der Waals surface area contributed by atoms with Crippen LogP contribution in [0.2, 0.25) is 0 Å². The molecule has 0 spiro atoms.